The quantitative estimate of drug-likeness (QED) is 0.703. The van der Waals surface area contributed by atoms with Crippen LogP contribution in [0.1, 0.15) is 49.1 Å². The number of hydrogen-bond donors (Lipinski definition) is 1. The van der Waals surface area contributed by atoms with Gasteiger partial charge in [-0.3, -0.25) is 0 Å². The molecule has 0 aliphatic heterocycles. The van der Waals surface area contributed by atoms with Crippen LogP contribution < -0.4 is 5.32 Å². The Morgan fingerprint density at radius 1 is 1.04 bits per heavy atom. The van der Waals surface area contributed by atoms with E-state index in [1.807, 2.05) is 35.9 Å². The van der Waals surface area contributed by atoms with E-state index in [2.05, 4.69) is 45.1 Å². The summed E-state index contributed by atoms with van der Waals surface area (Å²) in [5.41, 5.74) is 2.96. The van der Waals surface area contributed by atoms with Crippen LogP contribution in [-0.2, 0) is 12.1 Å². The first kappa shape index (κ1) is 18.1. The van der Waals surface area contributed by atoms with Crippen molar-refractivity contribution in [3.63, 3.8) is 0 Å². The summed E-state index contributed by atoms with van der Waals surface area (Å²) in [5.74, 6) is 0.878. The number of hydrogen-bond acceptors (Lipinski definition) is 4. The van der Waals surface area contributed by atoms with Gasteiger partial charge in [0.25, 0.3) is 0 Å². The molecule has 1 aromatic heterocycles. The monoisotopic (exact) mass is 381 g/mol. The first-order valence-electron chi connectivity index (χ1n) is 9.53. The van der Waals surface area contributed by atoms with Crippen LogP contribution in [0, 0.1) is 6.92 Å². The van der Waals surface area contributed by atoms with Gasteiger partial charge in [-0.05, 0) is 53.5 Å². The van der Waals surface area contributed by atoms with E-state index in [0.29, 0.717) is 0 Å². The molecule has 0 bridgehead atoms. The van der Waals surface area contributed by atoms with E-state index in [9.17, 15) is 0 Å². The van der Waals surface area contributed by atoms with Crippen molar-refractivity contribution < 1.29 is 0 Å². The molecule has 3 aromatic rings. The summed E-state index contributed by atoms with van der Waals surface area (Å²) >= 11 is 6.35. The molecule has 0 radical (unpaired) electrons. The van der Waals surface area contributed by atoms with Gasteiger partial charge in [0.05, 0.1) is 11.2 Å². The Balaban J connectivity index is 1.71. The average Bonchev–Trinajstić information content (AvgIpc) is 3.20. The predicted molar refractivity (Wildman–Crippen MR) is 107 cm³/mol. The zero-order valence-electron chi connectivity index (χ0n) is 15.5. The van der Waals surface area contributed by atoms with Crippen LogP contribution in [0.5, 0.6) is 0 Å². The topological polar surface area (TPSA) is 55.6 Å². The highest BCUT2D eigenvalue weighted by Crippen LogP contribution is 2.37. The second-order valence-electron chi connectivity index (χ2n) is 7.28. The molecule has 140 valence electrons. The van der Waals surface area contributed by atoms with Gasteiger partial charge in [-0.15, -0.1) is 5.10 Å². The summed E-state index contributed by atoms with van der Waals surface area (Å²) in [5, 5.41) is 17.3. The molecule has 0 unspecified atom stereocenters. The number of halogens is 1. The Labute approximate surface area is 164 Å². The van der Waals surface area contributed by atoms with Crippen molar-refractivity contribution in [3.8, 4) is 5.69 Å². The van der Waals surface area contributed by atoms with E-state index in [4.69, 9.17) is 11.6 Å². The van der Waals surface area contributed by atoms with Crippen molar-refractivity contribution in [2.24, 2.45) is 0 Å². The van der Waals surface area contributed by atoms with Gasteiger partial charge < -0.3 is 5.32 Å². The van der Waals surface area contributed by atoms with Gasteiger partial charge in [-0.25, -0.2) is 0 Å². The normalized spacial score (nSPS) is 16.4. The Kier molecular flexibility index (Phi) is 5.23. The highest BCUT2D eigenvalue weighted by Gasteiger charge is 2.39. The molecular formula is C21H24ClN5. The van der Waals surface area contributed by atoms with Crippen LogP contribution in [0.15, 0.2) is 48.5 Å². The largest absolute Gasteiger partial charge is 0.301 e. The minimum atomic E-state index is -0.230. The van der Waals surface area contributed by atoms with Crippen LogP contribution in [0.4, 0.5) is 0 Å². The van der Waals surface area contributed by atoms with Crippen LogP contribution in [0.3, 0.4) is 0 Å². The maximum atomic E-state index is 6.35. The predicted octanol–water partition coefficient (Wildman–Crippen LogP) is 4.57. The third kappa shape index (κ3) is 3.62. The van der Waals surface area contributed by atoms with Crippen LogP contribution in [0.25, 0.3) is 5.69 Å². The molecule has 0 spiro atoms. The first-order valence-corrected chi connectivity index (χ1v) is 9.91. The van der Waals surface area contributed by atoms with Crippen LogP contribution >= 0.6 is 11.6 Å². The average molecular weight is 382 g/mol. The molecule has 27 heavy (non-hydrogen) atoms. The van der Waals surface area contributed by atoms with Crippen molar-refractivity contribution >= 4 is 11.6 Å². The fourth-order valence-electron chi connectivity index (χ4n) is 3.98. The fraction of sp³-hybridized carbons (Fsp3) is 0.381. The molecule has 0 amide bonds. The molecular weight excluding hydrogens is 358 g/mol. The van der Waals surface area contributed by atoms with E-state index >= 15 is 0 Å². The lowest BCUT2D eigenvalue weighted by molar-refractivity contribution is 0.214. The Morgan fingerprint density at radius 2 is 1.81 bits per heavy atom. The Bertz CT molecular complexity index is 900. The van der Waals surface area contributed by atoms with Gasteiger partial charge in [-0.2, -0.15) is 4.68 Å². The molecule has 1 saturated carbocycles. The van der Waals surface area contributed by atoms with Gasteiger partial charge in [0.1, 0.15) is 0 Å². The summed E-state index contributed by atoms with van der Waals surface area (Å²) in [7, 11) is 0. The summed E-state index contributed by atoms with van der Waals surface area (Å²) in [6.45, 7) is 2.80. The van der Waals surface area contributed by atoms with E-state index in [0.717, 1.165) is 41.5 Å². The SMILES string of the molecule is Cc1c(Cl)cccc1-n1nnnc1C1(NCc2ccccc2)CCCCC1. The minimum Gasteiger partial charge on any atom is -0.301 e. The summed E-state index contributed by atoms with van der Waals surface area (Å²) in [6.07, 6.45) is 5.65. The number of tetrazole rings is 1. The summed E-state index contributed by atoms with van der Waals surface area (Å²) in [4.78, 5) is 0. The number of nitrogens with one attached hydrogen (secondary N) is 1. The Morgan fingerprint density at radius 3 is 2.59 bits per heavy atom. The van der Waals surface area contributed by atoms with Crippen molar-refractivity contribution in [2.75, 3.05) is 0 Å². The minimum absolute atomic E-state index is 0.230. The second kappa shape index (κ2) is 7.79. The molecule has 1 aliphatic carbocycles. The number of rotatable bonds is 5. The molecule has 6 heteroatoms. The second-order valence-corrected chi connectivity index (χ2v) is 7.69. The molecule has 1 N–H and O–H groups in total. The van der Waals surface area contributed by atoms with Gasteiger partial charge >= 0.3 is 0 Å². The van der Waals surface area contributed by atoms with E-state index in [-0.39, 0.29) is 5.54 Å². The van der Waals surface area contributed by atoms with E-state index in [1.165, 1.54) is 24.8 Å². The highest BCUT2D eigenvalue weighted by atomic mass is 35.5. The molecule has 0 atom stereocenters. The molecule has 1 fully saturated rings. The van der Waals surface area contributed by atoms with Crippen molar-refractivity contribution in [1.82, 2.24) is 25.5 Å². The number of aromatic nitrogens is 4. The molecule has 1 heterocycles. The summed E-state index contributed by atoms with van der Waals surface area (Å²) < 4.78 is 1.87. The number of nitrogens with zero attached hydrogens (tertiary/aromatic N) is 4. The first-order chi connectivity index (χ1) is 13.2. The Hall–Kier alpha value is -2.24. The molecule has 1 aliphatic rings. The lowest BCUT2D eigenvalue weighted by Gasteiger charge is -2.37. The van der Waals surface area contributed by atoms with E-state index in [1.54, 1.807) is 0 Å². The number of benzene rings is 2. The molecule has 4 rings (SSSR count). The van der Waals surface area contributed by atoms with Gasteiger partial charge in [-0.1, -0.05) is 67.3 Å². The zero-order valence-corrected chi connectivity index (χ0v) is 16.3. The van der Waals surface area contributed by atoms with Crippen molar-refractivity contribution in [2.45, 2.75) is 51.1 Å². The molecule has 0 saturated heterocycles. The maximum Gasteiger partial charge on any atom is 0.176 e. The lowest BCUT2D eigenvalue weighted by Crippen LogP contribution is -2.45. The standard InChI is InChI=1S/C21H24ClN5/c1-16-18(22)11-8-12-19(16)27-20(24-25-26-27)21(13-6-3-7-14-21)23-15-17-9-4-2-5-10-17/h2,4-5,8-12,23H,3,6-7,13-15H2,1H3. The van der Waals surface area contributed by atoms with Gasteiger partial charge in [0.15, 0.2) is 5.82 Å². The summed E-state index contributed by atoms with van der Waals surface area (Å²) in [6, 6.07) is 16.3. The zero-order chi connectivity index (χ0) is 18.7. The van der Waals surface area contributed by atoms with Crippen LogP contribution in [-0.4, -0.2) is 20.2 Å². The highest BCUT2D eigenvalue weighted by molar-refractivity contribution is 6.31. The lowest BCUT2D eigenvalue weighted by atomic mass is 9.80. The third-order valence-electron chi connectivity index (χ3n) is 5.55. The van der Waals surface area contributed by atoms with Gasteiger partial charge in [0, 0.05) is 11.6 Å². The molecule has 2 aromatic carbocycles. The van der Waals surface area contributed by atoms with Crippen LogP contribution in [0.2, 0.25) is 5.02 Å². The van der Waals surface area contributed by atoms with Gasteiger partial charge in [0.2, 0.25) is 0 Å². The van der Waals surface area contributed by atoms with Crippen molar-refractivity contribution in [3.05, 3.63) is 70.5 Å². The third-order valence-corrected chi connectivity index (χ3v) is 5.96. The fourth-order valence-corrected chi connectivity index (χ4v) is 4.14. The maximum absolute atomic E-state index is 6.35. The van der Waals surface area contributed by atoms with Crippen molar-refractivity contribution in [1.29, 1.82) is 0 Å². The molecule has 5 nitrogen and oxygen atoms in total. The smallest absolute Gasteiger partial charge is 0.176 e. The van der Waals surface area contributed by atoms with E-state index < -0.39 is 0 Å².